The van der Waals surface area contributed by atoms with Gasteiger partial charge in [0.25, 0.3) is 0 Å². The molecule has 0 heterocycles. The molecule has 0 atom stereocenters. The molecular weight excluding hydrogens is 464 g/mol. The predicted molar refractivity (Wildman–Crippen MR) is 105 cm³/mol. The monoisotopic (exact) mass is 488 g/mol. The van der Waals surface area contributed by atoms with Crippen LogP contribution in [-0.2, 0) is 11.3 Å². The second kappa shape index (κ2) is 12.6. The van der Waals surface area contributed by atoms with E-state index >= 15 is 0 Å². The number of amides is 1. The number of carbonyl (C=O) groups excluding carboxylic acids is 1. The van der Waals surface area contributed by atoms with Gasteiger partial charge in [0, 0.05) is 13.1 Å². The zero-order chi connectivity index (χ0) is 18.7. The third-order valence-corrected chi connectivity index (χ3v) is 2.88. The number of likely N-dealkylation sites (N-methyl/N-ethyl adjacent to an activating group) is 1. The van der Waals surface area contributed by atoms with Gasteiger partial charge in [-0.3, -0.25) is 4.79 Å². The Bertz CT molecular complexity index is 566. The Balaban J connectivity index is 0.00000625. The first-order valence-electron chi connectivity index (χ1n) is 7.91. The molecule has 26 heavy (non-hydrogen) atoms. The average molecular weight is 488 g/mol. The van der Waals surface area contributed by atoms with Crippen molar-refractivity contribution >= 4 is 35.8 Å². The van der Waals surface area contributed by atoms with Gasteiger partial charge in [0.05, 0.1) is 13.1 Å². The molecule has 6 nitrogen and oxygen atoms in total. The van der Waals surface area contributed by atoms with Crippen molar-refractivity contribution in [2.24, 2.45) is 4.99 Å². The van der Waals surface area contributed by atoms with Gasteiger partial charge in [-0.2, -0.15) is 13.2 Å². The molecule has 0 aliphatic heterocycles. The van der Waals surface area contributed by atoms with Crippen molar-refractivity contribution in [1.29, 1.82) is 0 Å². The van der Waals surface area contributed by atoms with Crippen LogP contribution >= 0.6 is 24.0 Å². The molecule has 1 aromatic carbocycles. The first-order chi connectivity index (χ1) is 11.8. The maximum atomic E-state index is 12.1. The molecule has 0 aliphatic carbocycles. The Labute approximate surface area is 168 Å². The molecule has 1 rings (SSSR count). The fourth-order valence-corrected chi connectivity index (χ4v) is 1.79. The van der Waals surface area contributed by atoms with Gasteiger partial charge in [0.2, 0.25) is 5.91 Å². The summed E-state index contributed by atoms with van der Waals surface area (Å²) in [6.45, 7) is 4.00. The van der Waals surface area contributed by atoms with E-state index < -0.39 is 12.8 Å². The van der Waals surface area contributed by atoms with Crippen molar-refractivity contribution in [3.05, 3.63) is 29.8 Å². The molecule has 0 fully saturated rings. The summed E-state index contributed by atoms with van der Waals surface area (Å²) in [6, 6.07) is 6.21. The van der Waals surface area contributed by atoms with Crippen molar-refractivity contribution in [2.45, 2.75) is 26.6 Å². The molecule has 0 saturated carbocycles. The molecule has 0 aromatic heterocycles. The van der Waals surface area contributed by atoms with E-state index in [0.717, 1.165) is 5.56 Å². The number of halogens is 4. The first kappa shape index (κ1) is 24.3. The van der Waals surface area contributed by atoms with Crippen molar-refractivity contribution in [3.63, 3.8) is 0 Å². The number of hydrogen-bond acceptors (Lipinski definition) is 3. The molecule has 0 bridgehead atoms. The third-order valence-electron chi connectivity index (χ3n) is 2.88. The molecule has 0 spiro atoms. The average Bonchev–Trinajstić information content (AvgIpc) is 2.56. The van der Waals surface area contributed by atoms with Crippen LogP contribution in [0, 0.1) is 0 Å². The molecule has 148 valence electrons. The normalized spacial score (nSPS) is 11.3. The van der Waals surface area contributed by atoms with E-state index in [1.54, 1.807) is 12.1 Å². The standard InChI is InChI=1S/C16H23F3N4O2.HI/c1-3-20-14(24)10-23-15(21-4-2)22-9-12-5-7-13(8-6-12)25-11-16(17,18)19;/h5-8H,3-4,9-11H2,1-2H3,(H,20,24)(H2,21,22,23);1H. The summed E-state index contributed by atoms with van der Waals surface area (Å²) in [5, 5.41) is 8.58. The van der Waals surface area contributed by atoms with Crippen molar-refractivity contribution < 1.29 is 22.7 Å². The highest BCUT2D eigenvalue weighted by atomic mass is 127. The maximum absolute atomic E-state index is 12.1. The van der Waals surface area contributed by atoms with E-state index in [9.17, 15) is 18.0 Å². The Hall–Kier alpha value is -1.72. The van der Waals surface area contributed by atoms with Gasteiger partial charge >= 0.3 is 6.18 Å². The summed E-state index contributed by atoms with van der Waals surface area (Å²) in [7, 11) is 0. The van der Waals surface area contributed by atoms with Gasteiger partial charge in [0.1, 0.15) is 5.75 Å². The zero-order valence-corrected chi connectivity index (χ0v) is 17.0. The number of rotatable bonds is 8. The van der Waals surface area contributed by atoms with Crippen molar-refractivity contribution in [1.82, 2.24) is 16.0 Å². The molecule has 1 aromatic rings. The number of nitrogens with one attached hydrogen (secondary N) is 3. The molecule has 10 heteroatoms. The van der Waals surface area contributed by atoms with Crippen molar-refractivity contribution in [2.75, 3.05) is 26.2 Å². The molecular formula is C16H24F3IN4O2. The van der Waals surface area contributed by atoms with Crippen LogP contribution in [0.4, 0.5) is 13.2 Å². The minimum absolute atomic E-state index is 0. The highest BCUT2D eigenvalue weighted by molar-refractivity contribution is 14.0. The third kappa shape index (κ3) is 11.0. The van der Waals surface area contributed by atoms with Crippen LogP contribution < -0.4 is 20.7 Å². The van der Waals surface area contributed by atoms with E-state index in [1.165, 1.54) is 12.1 Å². The lowest BCUT2D eigenvalue weighted by atomic mass is 10.2. The van der Waals surface area contributed by atoms with E-state index in [1.807, 2.05) is 13.8 Å². The lowest BCUT2D eigenvalue weighted by Crippen LogP contribution is -2.43. The van der Waals surface area contributed by atoms with Crippen LogP contribution in [0.3, 0.4) is 0 Å². The topological polar surface area (TPSA) is 74.8 Å². The molecule has 0 aliphatic rings. The molecule has 3 N–H and O–H groups in total. The summed E-state index contributed by atoms with van der Waals surface area (Å²) >= 11 is 0. The summed E-state index contributed by atoms with van der Waals surface area (Å²) in [5.74, 6) is 0.483. The van der Waals surface area contributed by atoms with Crippen molar-refractivity contribution in [3.8, 4) is 5.75 Å². The smallest absolute Gasteiger partial charge is 0.422 e. The summed E-state index contributed by atoms with van der Waals surface area (Å²) in [6.07, 6.45) is -4.36. The molecule has 1 amide bonds. The van der Waals surface area contributed by atoms with Gasteiger partial charge in [-0.15, -0.1) is 24.0 Å². The number of nitrogens with zero attached hydrogens (tertiary/aromatic N) is 1. The lowest BCUT2D eigenvalue weighted by molar-refractivity contribution is -0.153. The van der Waals surface area contributed by atoms with E-state index in [0.29, 0.717) is 25.6 Å². The predicted octanol–water partition coefficient (Wildman–Crippen LogP) is 2.44. The number of ether oxygens (including phenoxy) is 1. The number of carbonyl (C=O) groups is 1. The SMILES string of the molecule is CCNC(=O)CNC(=NCc1ccc(OCC(F)(F)F)cc1)NCC.I. The molecule has 0 radical (unpaired) electrons. The van der Waals surface area contributed by atoms with Gasteiger partial charge < -0.3 is 20.7 Å². The van der Waals surface area contributed by atoms with Crippen LogP contribution in [-0.4, -0.2) is 44.3 Å². The second-order valence-electron chi connectivity index (χ2n) is 5.05. The largest absolute Gasteiger partial charge is 0.484 e. The second-order valence-corrected chi connectivity index (χ2v) is 5.05. The number of aliphatic imine (C=N–C) groups is 1. The van der Waals surface area contributed by atoms with Crippen LogP contribution in [0.1, 0.15) is 19.4 Å². The van der Waals surface area contributed by atoms with Gasteiger partial charge in [-0.1, -0.05) is 12.1 Å². The van der Waals surface area contributed by atoms with Crippen LogP contribution in [0.15, 0.2) is 29.3 Å². The van der Waals surface area contributed by atoms with E-state index in [4.69, 9.17) is 0 Å². The first-order valence-corrected chi connectivity index (χ1v) is 7.91. The van der Waals surface area contributed by atoms with Crippen LogP contribution in [0.2, 0.25) is 0 Å². The summed E-state index contributed by atoms with van der Waals surface area (Å²) in [4.78, 5) is 15.8. The minimum atomic E-state index is -4.36. The lowest BCUT2D eigenvalue weighted by Gasteiger charge is -2.11. The molecule has 0 saturated heterocycles. The number of guanidine groups is 1. The Morgan fingerprint density at radius 3 is 2.23 bits per heavy atom. The number of hydrogen-bond donors (Lipinski definition) is 3. The Morgan fingerprint density at radius 2 is 1.69 bits per heavy atom. The number of alkyl halides is 3. The zero-order valence-electron chi connectivity index (χ0n) is 14.7. The summed E-state index contributed by atoms with van der Waals surface area (Å²) < 4.78 is 40.9. The highest BCUT2D eigenvalue weighted by Crippen LogP contribution is 2.19. The van der Waals surface area contributed by atoms with E-state index in [-0.39, 0.29) is 42.2 Å². The van der Waals surface area contributed by atoms with E-state index in [2.05, 4.69) is 25.7 Å². The minimum Gasteiger partial charge on any atom is -0.484 e. The van der Waals surface area contributed by atoms with Gasteiger partial charge in [-0.05, 0) is 31.5 Å². The van der Waals surface area contributed by atoms with Crippen LogP contribution in [0.5, 0.6) is 5.75 Å². The quantitative estimate of drug-likeness (QED) is 0.299. The number of benzene rings is 1. The highest BCUT2D eigenvalue weighted by Gasteiger charge is 2.28. The Morgan fingerprint density at radius 1 is 1.08 bits per heavy atom. The Kier molecular flexibility index (Phi) is 11.8. The fourth-order valence-electron chi connectivity index (χ4n) is 1.79. The fraction of sp³-hybridized carbons (Fsp3) is 0.500. The van der Waals surface area contributed by atoms with Gasteiger partial charge in [0.15, 0.2) is 12.6 Å². The van der Waals surface area contributed by atoms with Crippen LogP contribution in [0.25, 0.3) is 0 Å². The maximum Gasteiger partial charge on any atom is 0.422 e. The molecule has 0 unspecified atom stereocenters. The summed E-state index contributed by atoms with van der Waals surface area (Å²) in [5.41, 5.74) is 0.801. The van der Waals surface area contributed by atoms with Gasteiger partial charge in [-0.25, -0.2) is 4.99 Å².